The van der Waals surface area contributed by atoms with Crippen molar-refractivity contribution < 1.29 is 19.0 Å². The van der Waals surface area contributed by atoms with Gasteiger partial charge in [0, 0.05) is 42.2 Å². The minimum Gasteiger partial charge on any atom is -0.482 e. The fourth-order valence-corrected chi connectivity index (χ4v) is 2.98. The Morgan fingerprint density at radius 1 is 1.45 bits per heavy atom. The lowest BCUT2D eigenvalue weighted by Gasteiger charge is -2.19. The highest BCUT2D eigenvalue weighted by Gasteiger charge is 2.21. The molecule has 0 radical (unpaired) electrons. The number of likely N-dealkylation sites (N-methyl/N-ethyl adjacent to an activating group) is 1. The van der Waals surface area contributed by atoms with Gasteiger partial charge in [0.25, 0.3) is 0 Å². The molecule has 1 heterocycles. The van der Waals surface area contributed by atoms with Crippen molar-refractivity contribution in [2.45, 2.75) is 13.0 Å². The number of aliphatic imine (C=N–C) groups is 1. The summed E-state index contributed by atoms with van der Waals surface area (Å²) in [4.78, 5) is 19.6. The number of carboxylic acids is 1. The highest BCUT2D eigenvalue weighted by atomic mass is 19.1. The molecule has 2 rings (SSSR count). The van der Waals surface area contributed by atoms with Gasteiger partial charge in [0.15, 0.2) is 11.6 Å². The number of carbonyl (C=O) groups is 1. The summed E-state index contributed by atoms with van der Waals surface area (Å²) < 4.78 is 19.6. The van der Waals surface area contributed by atoms with Gasteiger partial charge >= 0.3 is 5.97 Å². The van der Waals surface area contributed by atoms with Crippen LogP contribution in [-0.4, -0.2) is 42.4 Å². The number of benzene rings is 1. The van der Waals surface area contributed by atoms with Gasteiger partial charge in [0.1, 0.15) is 23.7 Å². The van der Waals surface area contributed by atoms with Gasteiger partial charge < -0.3 is 26.6 Å². The topological polar surface area (TPSA) is 160 Å². The number of nitrogens with two attached hydrogens (primary N) is 2. The fourth-order valence-electron chi connectivity index (χ4n) is 2.98. The molecular weight excluding hydrogens is 403 g/mol. The summed E-state index contributed by atoms with van der Waals surface area (Å²) >= 11 is 0. The normalized spacial score (nSPS) is 13.2. The van der Waals surface area contributed by atoms with Gasteiger partial charge in [0.05, 0.1) is 5.56 Å². The largest absolute Gasteiger partial charge is 0.482 e. The molecule has 1 atom stereocenters. The molecule has 0 aliphatic rings. The Balaban J connectivity index is 2.53. The van der Waals surface area contributed by atoms with E-state index in [2.05, 4.69) is 15.3 Å². The number of nitrogens with one attached hydrogen (secondary N) is 1. The van der Waals surface area contributed by atoms with E-state index in [4.69, 9.17) is 16.2 Å². The first kappa shape index (κ1) is 23.3. The second kappa shape index (κ2) is 10.2. The number of ether oxygens (including phenoxy) is 1. The average molecular weight is 426 g/mol. The average Bonchev–Trinajstić information content (AvgIpc) is 2.73. The van der Waals surface area contributed by atoms with E-state index in [9.17, 15) is 19.6 Å². The molecule has 0 bridgehead atoms. The Labute approximate surface area is 178 Å². The molecule has 6 N–H and O–H groups in total. The smallest absolute Gasteiger partial charge is 0.336 e. The van der Waals surface area contributed by atoms with Gasteiger partial charge in [0.2, 0.25) is 0 Å². The molecule has 1 aromatic heterocycles. The number of anilines is 1. The fraction of sp³-hybridized carbons (Fsp3) is 0.238. The Morgan fingerprint density at radius 2 is 2.16 bits per heavy atom. The first-order valence-electron chi connectivity index (χ1n) is 9.19. The summed E-state index contributed by atoms with van der Waals surface area (Å²) in [6, 6.07) is 6.84. The predicted molar refractivity (Wildman–Crippen MR) is 115 cm³/mol. The van der Waals surface area contributed by atoms with Crippen LogP contribution in [0.3, 0.4) is 0 Å². The van der Waals surface area contributed by atoms with Crippen molar-refractivity contribution in [2.75, 3.05) is 26.4 Å². The minimum absolute atomic E-state index is 0.0300. The number of aromatic carboxylic acids is 1. The number of nitrogens with zero attached hydrogens (tertiary/aromatic N) is 3. The number of nitrogen functional groups attached to an aromatic ring is 1. The molecule has 0 saturated heterocycles. The van der Waals surface area contributed by atoms with E-state index in [-0.39, 0.29) is 35.0 Å². The molecule has 1 aromatic carbocycles. The monoisotopic (exact) mass is 426 g/mol. The number of allylic oxidation sites excluding steroid dienone is 1. The molecule has 0 amide bonds. The number of rotatable bonds is 8. The van der Waals surface area contributed by atoms with Crippen LogP contribution in [0.15, 0.2) is 41.2 Å². The third kappa shape index (κ3) is 5.34. The van der Waals surface area contributed by atoms with E-state index in [0.717, 1.165) is 12.1 Å². The summed E-state index contributed by atoms with van der Waals surface area (Å²) in [6.07, 6.45) is 0.566. The van der Waals surface area contributed by atoms with Crippen LogP contribution < -0.4 is 21.5 Å². The molecule has 0 fully saturated rings. The van der Waals surface area contributed by atoms with Crippen molar-refractivity contribution in [1.29, 1.82) is 5.26 Å². The molecule has 9 nitrogen and oxygen atoms in total. The number of hydrogen-bond acceptors (Lipinski definition) is 8. The van der Waals surface area contributed by atoms with Gasteiger partial charge in [-0.3, -0.25) is 4.99 Å². The number of hydrogen-bond donors (Lipinski definition) is 4. The zero-order valence-electron chi connectivity index (χ0n) is 17.3. The van der Waals surface area contributed by atoms with Crippen LogP contribution in [0.5, 0.6) is 5.75 Å². The first-order chi connectivity index (χ1) is 14.7. The van der Waals surface area contributed by atoms with E-state index in [1.807, 2.05) is 6.07 Å². The Bertz CT molecular complexity index is 1090. The zero-order valence-corrected chi connectivity index (χ0v) is 17.3. The molecule has 0 aliphatic heterocycles. The third-order valence-electron chi connectivity index (χ3n) is 4.41. The Morgan fingerprint density at radius 3 is 2.74 bits per heavy atom. The van der Waals surface area contributed by atoms with Gasteiger partial charge in [-0.05, 0) is 38.2 Å². The highest BCUT2D eigenvalue weighted by Crippen LogP contribution is 2.31. The zero-order chi connectivity index (χ0) is 23.1. The number of nitriles is 1. The van der Waals surface area contributed by atoms with Crippen LogP contribution in [-0.2, 0) is 0 Å². The Kier molecular flexibility index (Phi) is 7.65. The second-order valence-corrected chi connectivity index (χ2v) is 6.52. The molecule has 0 aliphatic carbocycles. The SMILES string of the molecule is CN=C(C#N)/C(=C(\N)CNC)c1cnc(N)c(OC(C)c2cc(F)ccc2C(=O)O)c1. The number of carboxylic acid groups (broad SMARTS) is 1. The second-order valence-electron chi connectivity index (χ2n) is 6.52. The van der Waals surface area contributed by atoms with Gasteiger partial charge in [-0.1, -0.05) is 0 Å². The predicted octanol–water partition coefficient (Wildman–Crippen LogP) is 2.12. The maximum atomic E-state index is 13.7. The highest BCUT2D eigenvalue weighted by molar-refractivity contribution is 6.32. The molecule has 0 spiro atoms. The van der Waals surface area contributed by atoms with Crippen molar-refractivity contribution in [3.8, 4) is 11.8 Å². The lowest BCUT2D eigenvalue weighted by molar-refractivity contribution is 0.0691. The van der Waals surface area contributed by atoms with E-state index >= 15 is 0 Å². The lowest BCUT2D eigenvalue weighted by Crippen LogP contribution is -2.20. The van der Waals surface area contributed by atoms with Crippen molar-refractivity contribution >= 4 is 23.1 Å². The van der Waals surface area contributed by atoms with Crippen molar-refractivity contribution in [1.82, 2.24) is 10.3 Å². The third-order valence-corrected chi connectivity index (χ3v) is 4.41. The molecular formula is C21H23FN6O3. The number of halogens is 1. The van der Waals surface area contributed by atoms with Crippen LogP contribution in [0.2, 0.25) is 0 Å². The van der Waals surface area contributed by atoms with E-state index < -0.39 is 17.9 Å². The minimum atomic E-state index is -1.21. The summed E-state index contributed by atoms with van der Waals surface area (Å²) in [5.41, 5.74) is 13.4. The number of aromatic nitrogens is 1. The summed E-state index contributed by atoms with van der Waals surface area (Å²) in [7, 11) is 3.17. The van der Waals surface area contributed by atoms with Crippen molar-refractivity contribution in [3.05, 3.63) is 58.7 Å². The summed E-state index contributed by atoms with van der Waals surface area (Å²) in [6.45, 7) is 1.85. The van der Waals surface area contributed by atoms with Gasteiger partial charge in [-0.2, -0.15) is 5.26 Å². The van der Waals surface area contributed by atoms with Crippen LogP contribution in [0, 0.1) is 17.1 Å². The summed E-state index contributed by atoms with van der Waals surface area (Å²) in [5.74, 6) is -1.66. The van der Waals surface area contributed by atoms with E-state index in [1.54, 1.807) is 14.0 Å². The van der Waals surface area contributed by atoms with Crippen LogP contribution >= 0.6 is 0 Å². The lowest BCUT2D eigenvalue weighted by atomic mass is 10.00. The standard InChI is InChI=1S/C21H23FN6O3/c1-11(15-7-13(22)4-5-14(15)21(29)30)31-18-6-12(9-28-20(18)25)19(16(24)10-26-2)17(8-23)27-3/h4-7,9,11,26H,10,24H2,1-3H3,(H2,25,28)(H,29,30)/b19-16-,27-17?. The van der Waals surface area contributed by atoms with Crippen LogP contribution in [0.25, 0.3) is 5.57 Å². The quantitative estimate of drug-likeness (QED) is 0.467. The van der Waals surface area contributed by atoms with Gasteiger partial charge in [-0.15, -0.1) is 0 Å². The molecule has 0 saturated carbocycles. The molecule has 1 unspecified atom stereocenters. The Hall–Kier alpha value is -3.97. The maximum absolute atomic E-state index is 13.7. The maximum Gasteiger partial charge on any atom is 0.336 e. The van der Waals surface area contributed by atoms with Gasteiger partial charge in [-0.25, -0.2) is 14.2 Å². The van der Waals surface area contributed by atoms with Crippen LogP contribution in [0.1, 0.15) is 34.5 Å². The molecule has 31 heavy (non-hydrogen) atoms. The molecule has 2 aromatic rings. The molecule has 162 valence electrons. The van der Waals surface area contributed by atoms with Crippen LogP contribution in [0.4, 0.5) is 10.2 Å². The summed E-state index contributed by atoms with van der Waals surface area (Å²) in [5, 5.41) is 21.7. The van der Waals surface area contributed by atoms with Crippen molar-refractivity contribution in [3.63, 3.8) is 0 Å². The van der Waals surface area contributed by atoms with Crippen molar-refractivity contribution in [2.24, 2.45) is 10.7 Å². The number of pyridine rings is 1. The first-order valence-corrected chi connectivity index (χ1v) is 9.19. The van der Waals surface area contributed by atoms with E-state index in [0.29, 0.717) is 16.8 Å². The van der Waals surface area contributed by atoms with E-state index in [1.165, 1.54) is 25.4 Å². The molecule has 10 heteroatoms.